The number of aryl methyl sites for hydroxylation is 1. The highest BCUT2D eigenvalue weighted by atomic mass is 16.5. The van der Waals surface area contributed by atoms with Crippen LogP contribution in [-0.2, 0) is 20.7 Å². The lowest BCUT2D eigenvalue weighted by Crippen LogP contribution is -2.48. The molecule has 0 amide bonds. The molecule has 1 aromatic carbocycles. The van der Waals surface area contributed by atoms with Crippen LogP contribution in [0, 0.1) is 29.1 Å². The third-order valence-electron chi connectivity index (χ3n) is 10.3. The minimum Gasteiger partial charge on any atom is -0.494 e. The van der Waals surface area contributed by atoms with Crippen molar-refractivity contribution in [1.82, 2.24) is 0 Å². The monoisotopic (exact) mass is 506 g/mol. The smallest absolute Gasteiger partial charge is 0.306 e. The van der Waals surface area contributed by atoms with Gasteiger partial charge >= 0.3 is 5.97 Å². The van der Waals surface area contributed by atoms with Crippen LogP contribution in [0.3, 0.4) is 0 Å². The maximum absolute atomic E-state index is 12.9. The zero-order chi connectivity index (χ0) is 25.8. The van der Waals surface area contributed by atoms with Crippen molar-refractivity contribution in [2.24, 2.45) is 29.1 Å². The molecule has 0 heterocycles. The molecule has 4 heteroatoms. The molecule has 3 fully saturated rings. The lowest BCUT2D eigenvalue weighted by molar-refractivity contribution is -0.158. The number of carbonyl (C=O) groups excluding carboxylic acids is 2. The molecule has 1 aromatic rings. The van der Waals surface area contributed by atoms with Gasteiger partial charge in [-0.25, -0.2) is 0 Å². The summed E-state index contributed by atoms with van der Waals surface area (Å²) in [6, 6.07) is 8.20. The van der Waals surface area contributed by atoms with Gasteiger partial charge in [-0.1, -0.05) is 50.8 Å². The predicted molar refractivity (Wildman–Crippen MR) is 146 cm³/mol. The van der Waals surface area contributed by atoms with E-state index in [1.807, 2.05) is 18.2 Å². The molecule has 0 saturated heterocycles. The van der Waals surface area contributed by atoms with Crippen molar-refractivity contribution in [3.63, 3.8) is 0 Å². The summed E-state index contributed by atoms with van der Waals surface area (Å²) in [5.74, 6) is 3.92. The fourth-order valence-corrected chi connectivity index (χ4v) is 8.26. The lowest BCUT2D eigenvalue weighted by atomic mass is 9.52. The van der Waals surface area contributed by atoms with Crippen molar-refractivity contribution < 1.29 is 19.1 Å². The minimum absolute atomic E-state index is 0.0510. The van der Waals surface area contributed by atoms with Crippen LogP contribution in [0.5, 0.6) is 5.75 Å². The number of carbonyl (C=O) groups is 2. The molecule has 3 saturated carbocycles. The fraction of sp³-hybridized carbons (Fsp3) is 0.697. The van der Waals surface area contributed by atoms with Crippen LogP contribution >= 0.6 is 0 Å². The first kappa shape index (κ1) is 26.5. The van der Waals surface area contributed by atoms with Crippen molar-refractivity contribution >= 4 is 11.8 Å². The summed E-state index contributed by atoms with van der Waals surface area (Å²) in [5, 5.41) is 0. The molecule has 0 spiro atoms. The van der Waals surface area contributed by atoms with Crippen molar-refractivity contribution in [3.05, 3.63) is 41.5 Å². The second-order valence-corrected chi connectivity index (χ2v) is 12.5. The standard InChI is InChI=1S/C33H46O4/c1-3-4-5-6-21-36-26-12-7-23(8-13-26)9-18-32(35)37-31-17-16-30-29-14-10-24-22-25(34)11-15-27(24)28(29)19-20-33(30,31)2/h7-8,12-13,22,27-31H,3-6,9-11,14-21H2,1-2H3/t27-,28+,29+,30-,31-,33-/m0/s1. The SMILES string of the molecule is CCCCCCOc1ccc(CCC(=O)O[C@H]2CC[C@H]3[C@@H]4CCC5=CC(=O)CC[C@@H]5[C@H]4CC[C@]23C)cc1. The summed E-state index contributed by atoms with van der Waals surface area (Å²) in [6.45, 7) is 5.39. The topological polar surface area (TPSA) is 52.6 Å². The number of fused-ring (bicyclic) bond motifs is 5. The van der Waals surface area contributed by atoms with E-state index < -0.39 is 0 Å². The number of esters is 1. The molecule has 0 radical (unpaired) electrons. The van der Waals surface area contributed by atoms with E-state index in [0.717, 1.165) is 68.3 Å². The lowest BCUT2D eigenvalue weighted by Gasteiger charge is -2.53. The number of ether oxygens (including phenoxy) is 2. The Morgan fingerprint density at radius 3 is 2.62 bits per heavy atom. The first-order valence-corrected chi connectivity index (χ1v) is 15.1. The first-order valence-electron chi connectivity index (χ1n) is 15.1. The van der Waals surface area contributed by atoms with Crippen LogP contribution in [0.1, 0.15) is 103 Å². The molecule has 0 aliphatic heterocycles. The fourth-order valence-electron chi connectivity index (χ4n) is 8.26. The molecule has 0 aromatic heterocycles. The van der Waals surface area contributed by atoms with Gasteiger partial charge in [0.2, 0.25) is 0 Å². The highest BCUT2D eigenvalue weighted by molar-refractivity contribution is 5.91. The second-order valence-electron chi connectivity index (χ2n) is 12.5. The Morgan fingerprint density at radius 1 is 0.973 bits per heavy atom. The maximum atomic E-state index is 12.9. The Bertz CT molecular complexity index is 979. The summed E-state index contributed by atoms with van der Waals surface area (Å²) < 4.78 is 12.0. The summed E-state index contributed by atoms with van der Waals surface area (Å²) in [5.41, 5.74) is 2.70. The number of rotatable bonds is 10. The molecule has 37 heavy (non-hydrogen) atoms. The van der Waals surface area contributed by atoms with Crippen LogP contribution < -0.4 is 4.74 Å². The molecule has 5 rings (SSSR count). The number of ketones is 1. The summed E-state index contributed by atoms with van der Waals surface area (Å²) in [7, 11) is 0. The minimum atomic E-state index is -0.0510. The zero-order valence-electron chi connectivity index (χ0n) is 23.0. The number of hydrogen-bond donors (Lipinski definition) is 0. The average molecular weight is 507 g/mol. The normalized spacial score (nSPS) is 32.6. The third kappa shape index (κ3) is 5.83. The largest absolute Gasteiger partial charge is 0.494 e. The molecule has 4 aliphatic rings. The van der Waals surface area contributed by atoms with E-state index >= 15 is 0 Å². The van der Waals surface area contributed by atoms with Gasteiger partial charge in [-0.2, -0.15) is 0 Å². The van der Waals surface area contributed by atoms with Crippen molar-refractivity contribution in [2.45, 2.75) is 110 Å². The van der Waals surface area contributed by atoms with Crippen molar-refractivity contribution in [1.29, 1.82) is 0 Å². The highest BCUT2D eigenvalue weighted by Crippen LogP contribution is 2.62. The van der Waals surface area contributed by atoms with Gasteiger partial charge in [0, 0.05) is 18.3 Å². The van der Waals surface area contributed by atoms with E-state index in [1.165, 1.54) is 44.1 Å². The number of hydrogen-bond acceptors (Lipinski definition) is 4. The third-order valence-corrected chi connectivity index (χ3v) is 10.3. The van der Waals surface area contributed by atoms with E-state index in [0.29, 0.717) is 30.5 Å². The Balaban J connectivity index is 1.10. The van der Waals surface area contributed by atoms with E-state index in [2.05, 4.69) is 26.0 Å². The summed E-state index contributed by atoms with van der Waals surface area (Å²) in [4.78, 5) is 24.9. The van der Waals surface area contributed by atoms with Crippen molar-refractivity contribution in [3.8, 4) is 5.75 Å². The summed E-state index contributed by atoms with van der Waals surface area (Å²) >= 11 is 0. The molecule has 202 valence electrons. The number of allylic oxidation sites excluding steroid dienone is 1. The molecule has 6 atom stereocenters. The second kappa shape index (κ2) is 11.7. The van der Waals surface area contributed by atoms with Gasteiger partial charge < -0.3 is 9.47 Å². The molecule has 0 unspecified atom stereocenters. The molecule has 0 bridgehead atoms. The average Bonchev–Trinajstić information content (AvgIpc) is 3.23. The van der Waals surface area contributed by atoms with Gasteiger partial charge in [0.1, 0.15) is 11.9 Å². The van der Waals surface area contributed by atoms with Crippen LogP contribution in [0.2, 0.25) is 0 Å². The summed E-state index contributed by atoms with van der Waals surface area (Å²) in [6.07, 6.45) is 16.6. The van der Waals surface area contributed by atoms with Crippen LogP contribution in [0.15, 0.2) is 35.9 Å². The van der Waals surface area contributed by atoms with Gasteiger partial charge in [-0.15, -0.1) is 0 Å². The van der Waals surface area contributed by atoms with Gasteiger partial charge in [0.15, 0.2) is 5.78 Å². The van der Waals surface area contributed by atoms with Gasteiger partial charge in [-0.05, 0) is 105 Å². The molecular formula is C33H46O4. The number of unbranched alkanes of at least 4 members (excludes halogenated alkanes) is 3. The highest BCUT2D eigenvalue weighted by Gasteiger charge is 2.57. The van der Waals surface area contributed by atoms with Crippen molar-refractivity contribution in [2.75, 3.05) is 6.61 Å². The predicted octanol–water partition coefficient (Wildman–Crippen LogP) is 7.63. The molecular weight excluding hydrogens is 460 g/mol. The van der Waals surface area contributed by atoms with Crippen LogP contribution in [0.4, 0.5) is 0 Å². The Hall–Kier alpha value is -2.10. The van der Waals surface area contributed by atoms with E-state index in [4.69, 9.17) is 9.47 Å². The Kier molecular flexibility index (Phi) is 8.41. The first-order chi connectivity index (χ1) is 18.0. The Morgan fingerprint density at radius 2 is 1.81 bits per heavy atom. The van der Waals surface area contributed by atoms with Gasteiger partial charge in [0.25, 0.3) is 0 Å². The molecule has 4 nitrogen and oxygen atoms in total. The molecule has 4 aliphatic carbocycles. The van der Waals surface area contributed by atoms with Crippen LogP contribution in [-0.4, -0.2) is 24.5 Å². The van der Waals surface area contributed by atoms with E-state index in [-0.39, 0.29) is 17.5 Å². The number of benzene rings is 1. The van der Waals surface area contributed by atoms with Gasteiger partial charge in [-0.3, -0.25) is 9.59 Å². The van der Waals surface area contributed by atoms with Gasteiger partial charge in [0.05, 0.1) is 6.61 Å². The molecule has 0 N–H and O–H groups in total. The Labute approximate surface area is 223 Å². The van der Waals surface area contributed by atoms with E-state index in [1.54, 1.807) is 0 Å². The quantitative estimate of drug-likeness (QED) is 0.242. The van der Waals surface area contributed by atoms with E-state index in [9.17, 15) is 9.59 Å². The maximum Gasteiger partial charge on any atom is 0.306 e. The van der Waals surface area contributed by atoms with Crippen LogP contribution in [0.25, 0.3) is 0 Å². The zero-order valence-corrected chi connectivity index (χ0v) is 23.0.